The molecule has 0 unspecified atom stereocenters. The van der Waals surface area contributed by atoms with Crippen molar-refractivity contribution < 1.29 is 27.5 Å². The number of nitrogens with zero attached hydrogens (tertiary/aromatic N) is 2. The maximum absolute atomic E-state index is 13.8. The monoisotopic (exact) mass is 454 g/mol. The Morgan fingerprint density at radius 2 is 2.03 bits per heavy atom. The molecule has 1 saturated heterocycles. The summed E-state index contributed by atoms with van der Waals surface area (Å²) in [4.78, 5) is 28.5. The topological polar surface area (TPSA) is 87.9 Å². The lowest BCUT2D eigenvalue weighted by atomic mass is 9.89. The van der Waals surface area contributed by atoms with E-state index < -0.39 is 29.6 Å². The highest BCUT2D eigenvalue weighted by Crippen LogP contribution is 2.38. The van der Waals surface area contributed by atoms with Crippen molar-refractivity contribution in [3.05, 3.63) is 23.8 Å². The lowest BCUT2D eigenvalue weighted by Crippen LogP contribution is -2.55. The fraction of sp³-hybridized carbons (Fsp3) is 0.636. The lowest BCUT2D eigenvalue weighted by molar-refractivity contribution is -0.137. The molecule has 2 amide bonds. The number of rotatable bonds is 8. The molecule has 1 aliphatic heterocycles. The molecule has 1 heterocycles. The van der Waals surface area contributed by atoms with Gasteiger partial charge in [0.05, 0.1) is 17.9 Å². The Balaban J connectivity index is 1.56. The smallest absolute Gasteiger partial charge is 0.370 e. The molecule has 10 heteroatoms. The van der Waals surface area contributed by atoms with Gasteiger partial charge in [-0.2, -0.15) is 13.2 Å². The number of benzene rings is 1. The van der Waals surface area contributed by atoms with Gasteiger partial charge in [0.1, 0.15) is 12.6 Å². The summed E-state index contributed by atoms with van der Waals surface area (Å²) in [6, 6.07) is 3.11. The van der Waals surface area contributed by atoms with E-state index in [0.717, 1.165) is 44.7 Å². The van der Waals surface area contributed by atoms with Crippen LogP contribution in [0.4, 0.5) is 24.5 Å². The van der Waals surface area contributed by atoms with Crippen LogP contribution in [0.15, 0.2) is 18.2 Å². The summed E-state index contributed by atoms with van der Waals surface area (Å²) >= 11 is 0. The van der Waals surface area contributed by atoms with Gasteiger partial charge in [-0.25, -0.2) is 0 Å². The highest BCUT2D eigenvalue weighted by Gasteiger charge is 2.39. The van der Waals surface area contributed by atoms with Crippen LogP contribution in [0, 0.1) is 5.92 Å². The predicted molar refractivity (Wildman–Crippen MR) is 113 cm³/mol. The summed E-state index contributed by atoms with van der Waals surface area (Å²) in [6.45, 7) is 1.05. The predicted octanol–water partition coefficient (Wildman–Crippen LogP) is 2.60. The number of nitrogens with one attached hydrogen (secondary N) is 1. The molecule has 1 atom stereocenters. The largest absolute Gasteiger partial charge is 0.418 e. The molecule has 2 saturated carbocycles. The van der Waals surface area contributed by atoms with Gasteiger partial charge >= 0.3 is 6.18 Å². The normalized spacial score (nSPS) is 20.9. The van der Waals surface area contributed by atoms with Gasteiger partial charge in [-0.1, -0.05) is 6.42 Å². The molecule has 0 bridgehead atoms. The molecule has 176 valence electrons. The zero-order valence-electron chi connectivity index (χ0n) is 17.9. The van der Waals surface area contributed by atoms with Crippen molar-refractivity contribution >= 4 is 23.2 Å². The number of morpholine rings is 1. The van der Waals surface area contributed by atoms with Crippen molar-refractivity contribution in [2.24, 2.45) is 11.7 Å². The molecule has 32 heavy (non-hydrogen) atoms. The number of halogens is 3. The van der Waals surface area contributed by atoms with Crippen molar-refractivity contribution in [3.8, 4) is 0 Å². The highest BCUT2D eigenvalue weighted by molar-refractivity contribution is 5.98. The second kappa shape index (κ2) is 9.36. The van der Waals surface area contributed by atoms with Gasteiger partial charge < -0.3 is 20.7 Å². The molecule has 3 fully saturated rings. The fourth-order valence-electron chi connectivity index (χ4n) is 4.29. The van der Waals surface area contributed by atoms with Gasteiger partial charge in [0.15, 0.2) is 0 Å². The average Bonchev–Trinajstić information content (AvgIpc) is 3.51. The summed E-state index contributed by atoms with van der Waals surface area (Å²) in [5.41, 5.74) is 4.73. The zero-order chi connectivity index (χ0) is 22.9. The van der Waals surface area contributed by atoms with Crippen molar-refractivity contribution in [1.82, 2.24) is 4.90 Å². The first-order chi connectivity index (χ1) is 15.3. The number of hydrogen-bond acceptors (Lipinski definition) is 5. The second-order valence-electron chi connectivity index (χ2n) is 8.79. The van der Waals surface area contributed by atoms with Gasteiger partial charge in [-0.05, 0) is 49.8 Å². The first kappa shape index (κ1) is 23.0. The van der Waals surface area contributed by atoms with Crippen LogP contribution in [0.5, 0.6) is 0 Å². The van der Waals surface area contributed by atoms with Crippen LogP contribution in [0.25, 0.3) is 0 Å². The minimum Gasteiger partial charge on any atom is -0.370 e. The number of ether oxygens (including phenoxy) is 1. The van der Waals surface area contributed by atoms with Crippen molar-refractivity contribution in [3.63, 3.8) is 0 Å². The lowest BCUT2D eigenvalue weighted by Gasteiger charge is -2.41. The van der Waals surface area contributed by atoms with Crippen LogP contribution < -0.4 is 16.0 Å². The van der Waals surface area contributed by atoms with Crippen LogP contribution in [-0.2, 0) is 20.5 Å². The third-order valence-corrected chi connectivity index (χ3v) is 6.50. The summed E-state index contributed by atoms with van der Waals surface area (Å²) in [7, 11) is 0. The molecule has 0 radical (unpaired) electrons. The van der Waals surface area contributed by atoms with E-state index in [1.165, 1.54) is 17.0 Å². The summed E-state index contributed by atoms with van der Waals surface area (Å²) in [5.74, 6) is -0.394. The number of amides is 2. The first-order valence-corrected chi connectivity index (χ1v) is 11.1. The molecular formula is C22H29F3N4O3. The fourth-order valence-corrected chi connectivity index (χ4v) is 4.29. The molecule has 3 N–H and O–H groups in total. The minimum atomic E-state index is -4.70. The average molecular weight is 454 g/mol. The second-order valence-corrected chi connectivity index (χ2v) is 8.79. The molecule has 2 aliphatic carbocycles. The van der Waals surface area contributed by atoms with Crippen LogP contribution in [0.2, 0.25) is 0 Å². The SMILES string of the molecule is NC[C@H](C(=O)Nc1ccc(N2CCOCC2=O)cc1C(F)(F)F)N(CC1CC1)C1CCC1. The Kier molecular flexibility index (Phi) is 6.73. The number of carbonyl (C=O) groups excluding carboxylic acids is 2. The molecule has 1 aromatic rings. The van der Waals surface area contributed by atoms with Crippen LogP contribution in [-0.4, -0.2) is 61.6 Å². The standard InChI is InChI=1S/C22H29F3N4O3/c23-22(24,25)17-10-16(28-8-9-32-13-20(28)30)6-7-18(17)27-21(31)19(11-26)29(12-14-4-5-14)15-2-1-3-15/h6-7,10,14-15,19H,1-5,8-9,11-13,26H2,(H,27,31)/t19-/m1/s1. The van der Waals surface area contributed by atoms with E-state index in [4.69, 9.17) is 10.5 Å². The molecule has 0 spiro atoms. The van der Waals surface area contributed by atoms with Gasteiger partial charge in [-0.15, -0.1) is 0 Å². The van der Waals surface area contributed by atoms with E-state index in [1.54, 1.807) is 0 Å². The maximum Gasteiger partial charge on any atom is 0.418 e. The van der Waals surface area contributed by atoms with Gasteiger partial charge in [-0.3, -0.25) is 14.5 Å². The van der Waals surface area contributed by atoms with Crippen molar-refractivity contribution in [2.45, 2.75) is 50.4 Å². The Bertz CT molecular complexity index is 855. The van der Waals surface area contributed by atoms with E-state index in [2.05, 4.69) is 10.2 Å². The zero-order valence-corrected chi connectivity index (χ0v) is 17.9. The van der Waals surface area contributed by atoms with Crippen LogP contribution in [0.3, 0.4) is 0 Å². The van der Waals surface area contributed by atoms with Crippen LogP contribution in [0.1, 0.15) is 37.7 Å². The number of carbonyl (C=O) groups is 2. The van der Waals surface area contributed by atoms with Crippen molar-refractivity contribution in [1.29, 1.82) is 0 Å². The van der Waals surface area contributed by atoms with Gasteiger partial charge in [0.2, 0.25) is 5.91 Å². The van der Waals surface area contributed by atoms with E-state index in [0.29, 0.717) is 5.92 Å². The number of anilines is 2. The number of hydrogen-bond donors (Lipinski definition) is 2. The molecule has 4 rings (SSSR count). The Morgan fingerprint density at radius 3 is 2.59 bits per heavy atom. The molecule has 1 aromatic carbocycles. The van der Waals surface area contributed by atoms with Gasteiger partial charge in [0.25, 0.3) is 5.91 Å². The molecule has 0 aromatic heterocycles. The molecule has 7 nitrogen and oxygen atoms in total. The van der Waals surface area contributed by atoms with Crippen molar-refractivity contribution in [2.75, 3.05) is 43.1 Å². The third-order valence-electron chi connectivity index (χ3n) is 6.50. The quantitative estimate of drug-likeness (QED) is 0.631. The Morgan fingerprint density at radius 1 is 1.28 bits per heavy atom. The molecule has 3 aliphatic rings. The maximum atomic E-state index is 13.8. The number of alkyl halides is 3. The summed E-state index contributed by atoms with van der Waals surface area (Å²) in [6.07, 6.45) is 0.571. The molecular weight excluding hydrogens is 425 g/mol. The Labute approximate surface area is 185 Å². The summed E-state index contributed by atoms with van der Waals surface area (Å²) < 4.78 is 46.6. The summed E-state index contributed by atoms with van der Waals surface area (Å²) in [5, 5.41) is 2.48. The van der Waals surface area contributed by atoms with E-state index in [1.807, 2.05) is 0 Å². The Hall–Kier alpha value is -2.17. The van der Waals surface area contributed by atoms with E-state index >= 15 is 0 Å². The van der Waals surface area contributed by atoms with Crippen LogP contribution >= 0.6 is 0 Å². The van der Waals surface area contributed by atoms with E-state index in [9.17, 15) is 22.8 Å². The first-order valence-electron chi connectivity index (χ1n) is 11.1. The number of nitrogens with two attached hydrogens (primary N) is 1. The highest BCUT2D eigenvalue weighted by atomic mass is 19.4. The third kappa shape index (κ3) is 5.07. The van der Waals surface area contributed by atoms with E-state index in [-0.39, 0.29) is 43.7 Å². The minimum absolute atomic E-state index is 0.0385. The van der Waals surface area contributed by atoms with Gasteiger partial charge in [0, 0.05) is 31.4 Å².